The Morgan fingerprint density at radius 2 is 1.39 bits per heavy atom. The molecule has 0 spiro atoms. The summed E-state index contributed by atoms with van der Waals surface area (Å²) in [7, 11) is 1.50. The molecule has 0 aromatic heterocycles. The summed E-state index contributed by atoms with van der Waals surface area (Å²) < 4.78 is 22.7. The van der Waals surface area contributed by atoms with Crippen LogP contribution in [0.5, 0.6) is 23.0 Å². The third-order valence-electron chi connectivity index (χ3n) is 5.71. The third-order valence-corrected chi connectivity index (χ3v) is 5.71. The predicted octanol–water partition coefficient (Wildman–Crippen LogP) is 6.53. The van der Waals surface area contributed by atoms with Gasteiger partial charge in [0.2, 0.25) is 0 Å². The van der Waals surface area contributed by atoms with Gasteiger partial charge in [-0.05, 0) is 35.4 Å². The topological polar surface area (TPSA) is 74.2 Å². The molecule has 0 fully saturated rings. The zero-order valence-corrected chi connectivity index (χ0v) is 21.4. The number of ether oxygens (including phenoxy) is 4. The van der Waals surface area contributed by atoms with Gasteiger partial charge in [0.25, 0.3) is 0 Å². The Bertz CT molecular complexity index is 1370. The second-order valence-electron chi connectivity index (χ2n) is 8.55. The van der Waals surface area contributed by atoms with Crippen molar-refractivity contribution in [3.63, 3.8) is 0 Å². The second kappa shape index (κ2) is 13.1. The van der Waals surface area contributed by atoms with Gasteiger partial charge in [-0.3, -0.25) is 4.79 Å². The number of hydrogen-bond acceptors (Lipinski definition) is 6. The third kappa shape index (κ3) is 7.48. The van der Waals surface area contributed by atoms with E-state index in [1.807, 2.05) is 78.9 Å². The Hall–Kier alpha value is -4.55. The van der Waals surface area contributed by atoms with Gasteiger partial charge in [0, 0.05) is 30.2 Å². The molecule has 0 bridgehead atoms. The van der Waals surface area contributed by atoms with Gasteiger partial charge in [0.1, 0.15) is 42.3 Å². The maximum Gasteiger partial charge on any atom is 0.308 e. The Labute approximate surface area is 222 Å². The molecule has 0 aliphatic rings. The van der Waals surface area contributed by atoms with E-state index in [2.05, 4.69) is 0 Å². The fraction of sp³-hybridized carbons (Fsp3) is 0.156. The highest BCUT2D eigenvalue weighted by atomic mass is 16.5. The number of benzene rings is 4. The smallest absolute Gasteiger partial charge is 0.308 e. The summed E-state index contributed by atoms with van der Waals surface area (Å²) in [5.41, 5.74) is 3.42. The zero-order valence-electron chi connectivity index (χ0n) is 21.4. The van der Waals surface area contributed by atoms with Crippen LogP contribution in [0.1, 0.15) is 35.3 Å². The minimum atomic E-state index is -0.965. The van der Waals surface area contributed by atoms with Gasteiger partial charge in [0.15, 0.2) is 0 Å². The molecule has 1 atom stereocenters. The van der Waals surface area contributed by atoms with Crippen LogP contribution in [0.25, 0.3) is 6.08 Å². The molecule has 0 aliphatic carbocycles. The van der Waals surface area contributed by atoms with Crippen LogP contribution in [0.2, 0.25) is 0 Å². The Kier molecular flexibility index (Phi) is 9.16. The van der Waals surface area contributed by atoms with Gasteiger partial charge in [-0.25, -0.2) is 0 Å². The molecule has 38 heavy (non-hydrogen) atoms. The molecule has 0 amide bonds. The average molecular weight is 511 g/mol. The van der Waals surface area contributed by atoms with Crippen LogP contribution in [0.4, 0.5) is 0 Å². The van der Waals surface area contributed by atoms with E-state index >= 15 is 0 Å². The van der Waals surface area contributed by atoms with Crippen molar-refractivity contribution in [1.29, 1.82) is 0 Å². The number of aliphatic hydroxyl groups is 1. The standard InChI is InChI=1S/C32H30O6/c1-23(33)38-28-16-17-29(32(20-28)35-2)30(34)18-14-26-13-15-27(36-21-24-9-5-3-6-10-24)19-31(26)37-22-25-11-7-4-8-12-25/h3-20,30,34H,21-22H2,1-2H3. The van der Waals surface area contributed by atoms with E-state index in [1.165, 1.54) is 14.0 Å². The largest absolute Gasteiger partial charge is 0.496 e. The van der Waals surface area contributed by atoms with Crippen molar-refractivity contribution >= 4 is 12.0 Å². The van der Waals surface area contributed by atoms with Gasteiger partial charge >= 0.3 is 5.97 Å². The molecule has 4 rings (SSSR count). The van der Waals surface area contributed by atoms with Crippen molar-refractivity contribution in [3.05, 3.63) is 125 Å². The maximum absolute atomic E-state index is 11.3. The fourth-order valence-electron chi connectivity index (χ4n) is 3.81. The molecule has 1 N–H and O–H groups in total. The Balaban J connectivity index is 1.54. The van der Waals surface area contributed by atoms with Gasteiger partial charge in [-0.15, -0.1) is 0 Å². The number of methoxy groups -OCH3 is 1. The molecule has 194 valence electrons. The molecule has 0 radical (unpaired) electrons. The van der Waals surface area contributed by atoms with Crippen LogP contribution < -0.4 is 18.9 Å². The van der Waals surface area contributed by atoms with Crippen molar-refractivity contribution in [3.8, 4) is 23.0 Å². The lowest BCUT2D eigenvalue weighted by atomic mass is 10.1. The molecule has 6 heteroatoms. The number of aliphatic hydroxyl groups excluding tert-OH is 1. The van der Waals surface area contributed by atoms with Crippen molar-refractivity contribution in [2.24, 2.45) is 0 Å². The average Bonchev–Trinajstić information content (AvgIpc) is 2.94. The lowest BCUT2D eigenvalue weighted by Crippen LogP contribution is -2.03. The summed E-state index contributed by atoms with van der Waals surface area (Å²) in [5.74, 6) is 1.62. The molecule has 0 saturated carbocycles. The van der Waals surface area contributed by atoms with E-state index in [1.54, 1.807) is 30.4 Å². The van der Waals surface area contributed by atoms with Crippen molar-refractivity contribution in [1.82, 2.24) is 0 Å². The van der Waals surface area contributed by atoms with Crippen molar-refractivity contribution in [2.75, 3.05) is 7.11 Å². The first-order valence-electron chi connectivity index (χ1n) is 12.2. The minimum Gasteiger partial charge on any atom is -0.496 e. The van der Waals surface area contributed by atoms with E-state index in [0.717, 1.165) is 16.7 Å². The van der Waals surface area contributed by atoms with Crippen molar-refractivity contribution in [2.45, 2.75) is 26.2 Å². The van der Waals surface area contributed by atoms with E-state index in [0.29, 0.717) is 41.8 Å². The van der Waals surface area contributed by atoms with Gasteiger partial charge < -0.3 is 24.1 Å². The minimum absolute atomic E-state index is 0.344. The first kappa shape index (κ1) is 26.5. The molecule has 4 aromatic carbocycles. The van der Waals surface area contributed by atoms with Crippen LogP contribution in [-0.4, -0.2) is 18.2 Å². The first-order chi connectivity index (χ1) is 18.5. The number of carbonyl (C=O) groups excluding carboxylic acids is 1. The molecular weight excluding hydrogens is 480 g/mol. The first-order valence-corrected chi connectivity index (χ1v) is 12.2. The summed E-state index contributed by atoms with van der Waals surface area (Å²) in [5, 5.41) is 10.9. The molecule has 0 saturated heterocycles. The molecular formula is C32H30O6. The highest BCUT2D eigenvalue weighted by molar-refractivity contribution is 5.69. The van der Waals surface area contributed by atoms with Crippen LogP contribution in [0, 0.1) is 0 Å². The van der Waals surface area contributed by atoms with Crippen molar-refractivity contribution < 1.29 is 28.8 Å². The predicted molar refractivity (Wildman–Crippen MR) is 146 cm³/mol. The van der Waals surface area contributed by atoms with Crippen LogP contribution in [-0.2, 0) is 18.0 Å². The summed E-state index contributed by atoms with van der Waals surface area (Å²) in [6, 6.07) is 30.3. The fourth-order valence-corrected chi connectivity index (χ4v) is 3.81. The lowest BCUT2D eigenvalue weighted by Gasteiger charge is -2.15. The summed E-state index contributed by atoms with van der Waals surface area (Å²) in [6.45, 7) is 2.15. The molecule has 1 unspecified atom stereocenters. The molecule has 6 nitrogen and oxygen atoms in total. The number of carbonyl (C=O) groups is 1. The zero-order chi connectivity index (χ0) is 26.7. The molecule has 0 heterocycles. The quantitative estimate of drug-likeness (QED) is 0.183. The monoisotopic (exact) mass is 510 g/mol. The van der Waals surface area contributed by atoms with Gasteiger partial charge in [0.05, 0.1) is 7.11 Å². The normalized spacial score (nSPS) is 11.7. The Morgan fingerprint density at radius 3 is 2.03 bits per heavy atom. The van der Waals surface area contributed by atoms with Crippen LogP contribution in [0.15, 0.2) is 103 Å². The van der Waals surface area contributed by atoms with E-state index in [9.17, 15) is 9.90 Å². The molecule has 0 aliphatic heterocycles. The number of esters is 1. The van der Waals surface area contributed by atoms with E-state index < -0.39 is 12.1 Å². The summed E-state index contributed by atoms with van der Waals surface area (Å²) in [6.07, 6.45) is 2.48. The highest BCUT2D eigenvalue weighted by Gasteiger charge is 2.13. The Morgan fingerprint density at radius 1 is 0.789 bits per heavy atom. The number of hydrogen-bond donors (Lipinski definition) is 1. The SMILES string of the molecule is COc1cc(OC(C)=O)ccc1C(O)C=Cc1ccc(OCc2ccccc2)cc1OCc1ccccc1. The van der Waals surface area contributed by atoms with E-state index in [4.69, 9.17) is 18.9 Å². The maximum atomic E-state index is 11.3. The second-order valence-corrected chi connectivity index (χ2v) is 8.55. The van der Waals surface area contributed by atoms with E-state index in [-0.39, 0.29) is 0 Å². The van der Waals surface area contributed by atoms with Crippen LogP contribution >= 0.6 is 0 Å². The van der Waals surface area contributed by atoms with Crippen LogP contribution in [0.3, 0.4) is 0 Å². The lowest BCUT2D eigenvalue weighted by molar-refractivity contribution is -0.131. The van der Waals surface area contributed by atoms with Gasteiger partial charge in [-0.1, -0.05) is 72.8 Å². The highest BCUT2D eigenvalue weighted by Crippen LogP contribution is 2.32. The van der Waals surface area contributed by atoms with Gasteiger partial charge in [-0.2, -0.15) is 0 Å². The summed E-state index contributed by atoms with van der Waals surface area (Å²) >= 11 is 0. The number of rotatable bonds is 11. The summed E-state index contributed by atoms with van der Waals surface area (Å²) in [4.78, 5) is 11.3. The molecule has 4 aromatic rings.